The third-order valence-corrected chi connectivity index (χ3v) is 3.25. The second-order valence-electron chi connectivity index (χ2n) is 4.44. The lowest BCUT2D eigenvalue weighted by atomic mass is 10.1. The Morgan fingerprint density at radius 3 is 2.61 bits per heavy atom. The van der Waals surface area contributed by atoms with Gasteiger partial charge in [0, 0.05) is 16.2 Å². The monoisotopic (exact) mass is 305 g/mol. The minimum atomic E-state index is 0.559. The van der Waals surface area contributed by atoms with Gasteiger partial charge >= 0.3 is 0 Å². The first-order valence-corrected chi connectivity index (χ1v) is 6.59. The van der Waals surface area contributed by atoms with Crippen LogP contribution in [0.5, 0.6) is 5.75 Å². The van der Waals surface area contributed by atoms with Crippen LogP contribution in [0.4, 0.5) is 5.69 Å². The first-order chi connectivity index (χ1) is 8.54. The molecule has 2 aromatic rings. The number of halogens is 1. The minimum Gasteiger partial charge on any atom is -0.489 e. The third-order valence-electron chi connectivity index (χ3n) is 2.79. The summed E-state index contributed by atoms with van der Waals surface area (Å²) < 4.78 is 6.71. The fraction of sp³-hybridized carbons (Fsp3) is 0.200. The van der Waals surface area contributed by atoms with E-state index in [0.29, 0.717) is 12.3 Å². The van der Waals surface area contributed by atoms with Crippen LogP contribution in [0.3, 0.4) is 0 Å². The molecule has 0 bridgehead atoms. The first-order valence-electron chi connectivity index (χ1n) is 5.79. The minimum absolute atomic E-state index is 0.559. The van der Waals surface area contributed by atoms with Gasteiger partial charge in [0.05, 0.1) is 0 Å². The fourth-order valence-electron chi connectivity index (χ4n) is 1.78. The van der Waals surface area contributed by atoms with E-state index < -0.39 is 0 Å². The van der Waals surface area contributed by atoms with Gasteiger partial charge in [0.2, 0.25) is 0 Å². The van der Waals surface area contributed by atoms with Crippen LogP contribution in [0, 0.1) is 13.8 Å². The van der Waals surface area contributed by atoms with Crippen molar-refractivity contribution in [3.8, 4) is 5.75 Å². The van der Waals surface area contributed by atoms with E-state index in [4.69, 9.17) is 10.5 Å². The van der Waals surface area contributed by atoms with Gasteiger partial charge in [0.25, 0.3) is 0 Å². The van der Waals surface area contributed by atoms with Crippen LogP contribution in [0.2, 0.25) is 0 Å². The molecule has 0 aromatic heterocycles. The number of nitrogens with two attached hydrogens (primary N) is 1. The fourth-order valence-corrected chi connectivity index (χ4v) is 2.27. The van der Waals surface area contributed by atoms with Crippen LogP contribution in [-0.2, 0) is 6.61 Å². The highest BCUT2D eigenvalue weighted by molar-refractivity contribution is 9.10. The maximum Gasteiger partial charge on any atom is 0.122 e. The summed E-state index contributed by atoms with van der Waals surface area (Å²) in [4.78, 5) is 0. The predicted octanol–water partition coefficient (Wildman–Crippen LogP) is 4.23. The predicted molar refractivity (Wildman–Crippen MR) is 78.8 cm³/mol. The lowest BCUT2D eigenvalue weighted by Gasteiger charge is -2.10. The Hall–Kier alpha value is -1.48. The molecule has 2 N–H and O–H groups in total. The van der Waals surface area contributed by atoms with Gasteiger partial charge in [-0.3, -0.25) is 0 Å². The van der Waals surface area contributed by atoms with Gasteiger partial charge in [0.1, 0.15) is 12.4 Å². The van der Waals surface area contributed by atoms with E-state index in [9.17, 15) is 0 Å². The maximum absolute atomic E-state index is 5.78. The molecule has 0 fully saturated rings. The molecule has 0 saturated carbocycles. The molecule has 0 aliphatic heterocycles. The number of hydrogen-bond donors (Lipinski definition) is 1. The highest BCUT2D eigenvalue weighted by atomic mass is 79.9. The second kappa shape index (κ2) is 5.44. The number of rotatable bonds is 3. The van der Waals surface area contributed by atoms with Gasteiger partial charge < -0.3 is 10.5 Å². The lowest BCUT2D eigenvalue weighted by Crippen LogP contribution is -1.99. The molecule has 0 unspecified atom stereocenters. The molecule has 0 aliphatic rings. The third kappa shape index (κ3) is 3.26. The van der Waals surface area contributed by atoms with E-state index in [1.165, 1.54) is 16.7 Å². The summed E-state index contributed by atoms with van der Waals surface area (Å²) in [6.45, 7) is 4.73. The van der Waals surface area contributed by atoms with Crippen molar-refractivity contribution in [1.29, 1.82) is 0 Å². The summed E-state index contributed by atoms with van der Waals surface area (Å²) in [6.07, 6.45) is 0. The molecule has 0 spiro atoms. The van der Waals surface area contributed by atoms with Crippen LogP contribution in [0.15, 0.2) is 40.9 Å². The zero-order valence-electron chi connectivity index (χ0n) is 10.5. The molecule has 0 amide bonds. The molecule has 94 valence electrons. The van der Waals surface area contributed by atoms with Crippen molar-refractivity contribution in [3.05, 3.63) is 57.6 Å². The molecule has 0 aliphatic carbocycles. The Bertz CT molecular complexity index is 546. The van der Waals surface area contributed by atoms with Gasteiger partial charge in [-0.2, -0.15) is 0 Å². The zero-order chi connectivity index (χ0) is 13.1. The molecule has 0 radical (unpaired) electrons. The van der Waals surface area contributed by atoms with Gasteiger partial charge in [0.15, 0.2) is 0 Å². The zero-order valence-corrected chi connectivity index (χ0v) is 12.1. The Morgan fingerprint density at radius 2 is 1.89 bits per heavy atom. The van der Waals surface area contributed by atoms with Crippen LogP contribution in [0.25, 0.3) is 0 Å². The quantitative estimate of drug-likeness (QED) is 0.861. The van der Waals surface area contributed by atoms with E-state index in [0.717, 1.165) is 10.2 Å². The van der Waals surface area contributed by atoms with Crippen molar-refractivity contribution in [2.24, 2.45) is 0 Å². The van der Waals surface area contributed by atoms with E-state index >= 15 is 0 Å². The van der Waals surface area contributed by atoms with Crippen LogP contribution < -0.4 is 10.5 Å². The van der Waals surface area contributed by atoms with E-state index in [2.05, 4.69) is 48.0 Å². The molecule has 0 heterocycles. The van der Waals surface area contributed by atoms with Crippen molar-refractivity contribution in [2.45, 2.75) is 20.5 Å². The van der Waals surface area contributed by atoms with Crippen LogP contribution in [0.1, 0.15) is 16.7 Å². The Kier molecular flexibility index (Phi) is 3.92. The summed E-state index contributed by atoms with van der Waals surface area (Å²) in [5, 5.41) is 0. The van der Waals surface area contributed by atoms with Gasteiger partial charge in [-0.1, -0.05) is 39.7 Å². The Morgan fingerprint density at radius 1 is 1.11 bits per heavy atom. The number of anilines is 1. The summed E-state index contributed by atoms with van der Waals surface area (Å²) >= 11 is 3.41. The molecule has 0 atom stereocenters. The lowest BCUT2D eigenvalue weighted by molar-refractivity contribution is 0.305. The van der Waals surface area contributed by atoms with Crippen molar-refractivity contribution in [3.63, 3.8) is 0 Å². The van der Waals surface area contributed by atoms with Crippen molar-refractivity contribution >= 4 is 21.6 Å². The highest BCUT2D eigenvalue weighted by Gasteiger charge is 2.02. The van der Waals surface area contributed by atoms with Crippen molar-refractivity contribution in [2.75, 3.05) is 5.73 Å². The Balaban J connectivity index is 2.13. The average molecular weight is 306 g/mol. The number of hydrogen-bond acceptors (Lipinski definition) is 2. The molecule has 2 aromatic carbocycles. The van der Waals surface area contributed by atoms with Gasteiger partial charge in [-0.05, 0) is 37.1 Å². The first kappa shape index (κ1) is 13.0. The number of aryl methyl sites for hydroxylation is 2. The molecular weight excluding hydrogens is 290 g/mol. The maximum atomic E-state index is 5.78. The molecule has 2 rings (SSSR count). The smallest absolute Gasteiger partial charge is 0.122 e. The van der Waals surface area contributed by atoms with Crippen LogP contribution >= 0.6 is 15.9 Å². The molecule has 0 saturated heterocycles. The summed E-state index contributed by atoms with van der Waals surface area (Å²) in [5.41, 5.74) is 10.2. The van der Waals surface area contributed by atoms with E-state index in [1.54, 1.807) is 0 Å². The molecular formula is C15H16BrNO. The van der Waals surface area contributed by atoms with Crippen molar-refractivity contribution in [1.82, 2.24) is 0 Å². The largest absolute Gasteiger partial charge is 0.489 e. The number of nitrogen functional groups attached to an aromatic ring is 1. The summed E-state index contributed by atoms with van der Waals surface area (Å²) in [7, 11) is 0. The SMILES string of the molecule is Cc1ccc(C)c(COc2cc(N)cc(Br)c2)c1. The van der Waals surface area contributed by atoms with E-state index in [1.807, 2.05) is 18.2 Å². The molecule has 18 heavy (non-hydrogen) atoms. The van der Waals surface area contributed by atoms with Gasteiger partial charge in [-0.15, -0.1) is 0 Å². The van der Waals surface area contributed by atoms with Crippen LogP contribution in [-0.4, -0.2) is 0 Å². The topological polar surface area (TPSA) is 35.2 Å². The number of ether oxygens (including phenoxy) is 1. The standard InChI is InChI=1S/C15H16BrNO/c1-10-3-4-11(2)12(5-10)9-18-15-7-13(16)6-14(17)8-15/h3-8H,9,17H2,1-2H3. The van der Waals surface area contributed by atoms with Crippen molar-refractivity contribution < 1.29 is 4.74 Å². The Labute approximate surface area is 116 Å². The summed E-state index contributed by atoms with van der Waals surface area (Å²) in [5.74, 6) is 0.780. The molecule has 3 heteroatoms. The normalized spacial score (nSPS) is 10.4. The second-order valence-corrected chi connectivity index (χ2v) is 5.35. The van der Waals surface area contributed by atoms with Gasteiger partial charge in [-0.25, -0.2) is 0 Å². The summed E-state index contributed by atoms with van der Waals surface area (Å²) in [6, 6.07) is 12.0. The highest BCUT2D eigenvalue weighted by Crippen LogP contribution is 2.24. The van der Waals surface area contributed by atoms with E-state index in [-0.39, 0.29) is 0 Å². The average Bonchev–Trinajstić information content (AvgIpc) is 2.29. The number of benzene rings is 2. The molecule has 2 nitrogen and oxygen atoms in total.